The summed E-state index contributed by atoms with van der Waals surface area (Å²) >= 11 is 0. The summed E-state index contributed by atoms with van der Waals surface area (Å²) in [4.78, 5) is 35.3. The highest BCUT2D eigenvalue weighted by Crippen LogP contribution is 2.19. The number of anilines is 1. The van der Waals surface area contributed by atoms with Crippen molar-refractivity contribution in [3.05, 3.63) is 77.9 Å². The highest BCUT2D eigenvalue weighted by Gasteiger charge is 2.14. The van der Waals surface area contributed by atoms with Gasteiger partial charge in [-0.15, -0.1) is 0 Å². The Labute approximate surface area is 135 Å². The molecule has 1 unspecified atom stereocenters. The first-order valence-corrected chi connectivity index (χ1v) is 7.17. The van der Waals surface area contributed by atoms with Crippen LogP contribution in [0.1, 0.15) is 15.9 Å². The van der Waals surface area contributed by atoms with Crippen molar-refractivity contribution in [2.45, 2.75) is 0 Å². The minimum atomic E-state index is -0.668. The number of carbonyl (C=O) groups excluding carboxylic acids is 3. The lowest BCUT2D eigenvalue weighted by Gasteiger charge is -2.09. The summed E-state index contributed by atoms with van der Waals surface area (Å²) in [6, 6.07) is 15.4. The van der Waals surface area contributed by atoms with Crippen molar-refractivity contribution < 1.29 is 18.9 Å². The maximum absolute atomic E-state index is 12.5. The van der Waals surface area contributed by atoms with Crippen molar-refractivity contribution in [2.75, 3.05) is 5.32 Å². The minimum Gasteiger partial charge on any atom is -0.448 e. The molecule has 1 atom stereocenters. The van der Waals surface area contributed by atoms with Crippen LogP contribution in [0.2, 0.25) is 0 Å². The number of carbonyl (C=O) groups is 3. The predicted octanol–water partition coefficient (Wildman–Crippen LogP) is 2.75. The topological polar surface area (TPSA) is 72.5 Å². The normalized spacial score (nSPS) is 10.3. The van der Waals surface area contributed by atoms with Gasteiger partial charge in [0.1, 0.15) is 0 Å². The monoisotopic (exact) mass is 327 g/mol. The first-order chi connectivity index (χ1) is 11.1. The van der Waals surface area contributed by atoms with Crippen LogP contribution in [-0.4, -0.2) is 17.7 Å². The van der Waals surface area contributed by atoms with E-state index in [1.807, 2.05) is 6.07 Å². The average molecular weight is 327 g/mol. The lowest BCUT2D eigenvalue weighted by atomic mass is 10.0. The van der Waals surface area contributed by atoms with Crippen molar-refractivity contribution in [1.82, 2.24) is 0 Å². The Morgan fingerprint density at radius 2 is 1.57 bits per heavy atom. The van der Waals surface area contributed by atoms with E-state index in [0.29, 0.717) is 16.8 Å². The molecule has 0 spiro atoms. The molecule has 0 radical (unpaired) electrons. The first-order valence-electron chi connectivity index (χ1n) is 6.70. The lowest BCUT2D eigenvalue weighted by molar-refractivity contribution is -0.128. The fourth-order valence-corrected chi connectivity index (χ4v) is 1.97. The molecule has 0 bridgehead atoms. The lowest BCUT2D eigenvalue weighted by Crippen LogP contribution is -2.13. The Morgan fingerprint density at radius 1 is 0.913 bits per heavy atom. The zero-order valence-electron chi connectivity index (χ0n) is 12.1. The van der Waals surface area contributed by atoms with Gasteiger partial charge in [-0.05, 0) is 12.1 Å². The molecule has 0 aliphatic rings. The van der Waals surface area contributed by atoms with Gasteiger partial charge in [0.25, 0.3) is 0 Å². The molecule has 0 heterocycles. The molecule has 2 aromatic rings. The van der Waals surface area contributed by atoms with Crippen LogP contribution in [0.4, 0.5) is 5.69 Å². The second kappa shape index (κ2) is 8.01. The molecule has 6 heteroatoms. The van der Waals surface area contributed by atoms with E-state index < -0.39 is 11.9 Å². The van der Waals surface area contributed by atoms with E-state index >= 15 is 0 Å². The molecule has 116 valence electrons. The summed E-state index contributed by atoms with van der Waals surface area (Å²) in [5.41, 5.74) is 1.26. The molecule has 2 aromatic carbocycles. The summed E-state index contributed by atoms with van der Waals surface area (Å²) in [5, 5.41) is 2.58. The molecule has 0 aromatic heterocycles. The van der Waals surface area contributed by atoms with Gasteiger partial charge in [0.2, 0.25) is 5.91 Å². The third-order valence-electron chi connectivity index (χ3n) is 2.95. The molecule has 1 N–H and O–H groups in total. The van der Waals surface area contributed by atoms with E-state index in [1.165, 1.54) is 0 Å². The van der Waals surface area contributed by atoms with Crippen molar-refractivity contribution in [3.8, 4) is 0 Å². The molecular weight excluding hydrogens is 313 g/mol. The number of hydrogen-bond donors (Lipinski definition) is 1. The zero-order chi connectivity index (χ0) is 16.7. The number of benzene rings is 2. The summed E-state index contributed by atoms with van der Waals surface area (Å²) in [7, 11) is 1.79. The molecule has 23 heavy (non-hydrogen) atoms. The molecule has 1 amide bonds. The molecule has 2 rings (SSSR count). The van der Waals surface area contributed by atoms with Crippen molar-refractivity contribution >= 4 is 32.8 Å². The third-order valence-corrected chi connectivity index (χ3v) is 3.18. The van der Waals surface area contributed by atoms with Crippen molar-refractivity contribution in [2.24, 2.45) is 0 Å². The van der Waals surface area contributed by atoms with E-state index in [1.54, 1.807) is 58.0 Å². The molecule has 0 aliphatic heterocycles. The quantitative estimate of drug-likeness (QED) is 0.521. The SMILES string of the molecule is O=C(/C=C/C(=O)OP)Nc1ccccc1C(=O)c1ccccc1. The molecule has 5 nitrogen and oxygen atoms in total. The van der Waals surface area contributed by atoms with Gasteiger partial charge < -0.3 is 9.84 Å². The van der Waals surface area contributed by atoms with Crippen LogP contribution in [0.25, 0.3) is 0 Å². The number of amides is 1. The van der Waals surface area contributed by atoms with Crippen LogP contribution < -0.4 is 5.32 Å². The van der Waals surface area contributed by atoms with Crippen LogP contribution in [-0.2, 0) is 14.1 Å². The van der Waals surface area contributed by atoms with Gasteiger partial charge in [-0.1, -0.05) is 42.5 Å². The van der Waals surface area contributed by atoms with Crippen LogP contribution in [0.3, 0.4) is 0 Å². The summed E-state index contributed by atoms with van der Waals surface area (Å²) in [6.45, 7) is 0. The first kappa shape index (κ1) is 16.6. The zero-order valence-corrected chi connectivity index (χ0v) is 13.2. The smallest absolute Gasteiger partial charge is 0.333 e. The number of hydrogen-bond acceptors (Lipinski definition) is 4. The maximum Gasteiger partial charge on any atom is 0.333 e. The van der Waals surface area contributed by atoms with Crippen LogP contribution >= 0.6 is 9.47 Å². The highest BCUT2D eigenvalue weighted by molar-refractivity contribution is 7.10. The summed E-state index contributed by atoms with van der Waals surface area (Å²) < 4.78 is 4.33. The van der Waals surface area contributed by atoms with Gasteiger partial charge in [0, 0.05) is 23.3 Å². The van der Waals surface area contributed by atoms with Gasteiger partial charge in [0.15, 0.2) is 5.78 Å². The van der Waals surface area contributed by atoms with E-state index in [4.69, 9.17) is 0 Å². The Kier molecular flexibility index (Phi) is 5.78. The van der Waals surface area contributed by atoms with E-state index in [0.717, 1.165) is 12.2 Å². The summed E-state index contributed by atoms with van der Waals surface area (Å²) in [6.07, 6.45) is 2.03. The second-order valence-electron chi connectivity index (χ2n) is 4.50. The molecule has 0 saturated heterocycles. The van der Waals surface area contributed by atoms with Crippen molar-refractivity contribution in [1.29, 1.82) is 0 Å². The van der Waals surface area contributed by atoms with Crippen LogP contribution in [0.15, 0.2) is 66.7 Å². The van der Waals surface area contributed by atoms with E-state index in [9.17, 15) is 14.4 Å². The molecule has 0 aliphatic carbocycles. The number of nitrogens with one attached hydrogen (secondary N) is 1. The Balaban J connectivity index is 2.21. The van der Waals surface area contributed by atoms with E-state index in [2.05, 4.69) is 9.84 Å². The standard InChI is InChI=1S/C17H14NO4P/c19-15(10-11-16(20)22-23)18-14-9-5-4-8-13(14)17(21)12-6-2-1-3-7-12/h1-11H,23H2,(H,18,19)/b11-10+. The number of ketones is 1. The number of para-hydroxylation sites is 1. The average Bonchev–Trinajstić information content (AvgIpc) is 2.60. The van der Waals surface area contributed by atoms with Crippen LogP contribution in [0, 0.1) is 0 Å². The van der Waals surface area contributed by atoms with Gasteiger partial charge in [-0.3, -0.25) is 9.59 Å². The third kappa shape index (κ3) is 4.59. The largest absolute Gasteiger partial charge is 0.448 e. The minimum absolute atomic E-state index is 0.199. The molecular formula is C17H14NO4P. The molecule has 0 saturated carbocycles. The van der Waals surface area contributed by atoms with Gasteiger partial charge in [-0.2, -0.15) is 0 Å². The van der Waals surface area contributed by atoms with Gasteiger partial charge in [0.05, 0.1) is 15.2 Å². The maximum atomic E-state index is 12.5. The Morgan fingerprint density at radius 3 is 2.26 bits per heavy atom. The summed E-state index contributed by atoms with van der Waals surface area (Å²) in [5.74, 6) is -1.40. The highest BCUT2D eigenvalue weighted by atomic mass is 31.0. The second-order valence-corrected chi connectivity index (χ2v) is 4.74. The van der Waals surface area contributed by atoms with E-state index in [-0.39, 0.29) is 5.78 Å². The van der Waals surface area contributed by atoms with Crippen molar-refractivity contribution in [3.63, 3.8) is 0 Å². The Hall–Kier alpha value is -2.78. The van der Waals surface area contributed by atoms with Gasteiger partial charge >= 0.3 is 5.97 Å². The van der Waals surface area contributed by atoms with Gasteiger partial charge in [-0.25, -0.2) is 4.79 Å². The fraction of sp³-hybridized carbons (Fsp3) is 0. The van der Waals surface area contributed by atoms with Crippen LogP contribution in [0.5, 0.6) is 0 Å². The molecule has 0 fully saturated rings. The fourth-order valence-electron chi connectivity index (χ4n) is 1.89. The number of rotatable bonds is 5. The predicted molar refractivity (Wildman–Crippen MR) is 89.9 cm³/mol. The Bertz CT molecular complexity index is 756.